The third kappa shape index (κ3) is 3.68. The zero-order chi connectivity index (χ0) is 17.0. The fourth-order valence-electron chi connectivity index (χ4n) is 2.00. The number of halogens is 2. The molecule has 0 heterocycles. The van der Waals surface area contributed by atoms with Crippen molar-refractivity contribution in [3.8, 4) is 17.2 Å². The zero-order valence-corrected chi connectivity index (χ0v) is 14.8. The molecule has 0 spiro atoms. The number of ketones is 1. The normalized spacial score (nSPS) is 10.8. The largest absolute Gasteiger partial charge is 0.506 e. The first-order valence-corrected chi connectivity index (χ1v) is 7.77. The van der Waals surface area contributed by atoms with Gasteiger partial charge in [0.2, 0.25) is 0 Å². The summed E-state index contributed by atoms with van der Waals surface area (Å²) in [7, 11) is 2.87. The number of methoxy groups -OCH3 is 2. The third-order valence-corrected chi connectivity index (χ3v) is 4.29. The second-order valence-corrected chi connectivity index (χ2v) is 5.74. The second kappa shape index (κ2) is 7.53. The fourth-order valence-corrected chi connectivity index (χ4v) is 2.68. The molecule has 2 aromatic rings. The maximum Gasteiger partial charge on any atom is 0.193 e. The van der Waals surface area contributed by atoms with Crippen molar-refractivity contribution in [1.82, 2.24) is 0 Å². The van der Waals surface area contributed by atoms with E-state index in [0.717, 1.165) is 0 Å². The molecule has 23 heavy (non-hydrogen) atoms. The highest BCUT2D eigenvalue weighted by atomic mass is 79.9. The van der Waals surface area contributed by atoms with Crippen LogP contribution in [0, 0.1) is 0 Å². The molecular weight excluding hydrogens is 384 g/mol. The Morgan fingerprint density at radius 2 is 1.87 bits per heavy atom. The lowest BCUT2D eigenvalue weighted by Gasteiger charge is -2.13. The number of carbonyl (C=O) groups excluding carboxylic acids is 1. The van der Waals surface area contributed by atoms with Crippen molar-refractivity contribution in [3.63, 3.8) is 0 Å². The highest BCUT2D eigenvalue weighted by Crippen LogP contribution is 2.42. The summed E-state index contributed by atoms with van der Waals surface area (Å²) in [6, 6.07) is 8.66. The molecule has 0 atom stereocenters. The first-order valence-electron chi connectivity index (χ1n) is 6.60. The van der Waals surface area contributed by atoms with Gasteiger partial charge in [-0.25, -0.2) is 0 Å². The minimum absolute atomic E-state index is 0.0449. The summed E-state index contributed by atoms with van der Waals surface area (Å²) < 4.78 is 10.6. The third-order valence-electron chi connectivity index (χ3n) is 3.18. The lowest BCUT2D eigenvalue weighted by Crippen LogP contribution is -2.01. The van der Waals surface area contributed by atoms with E-state index < -0.39 is 5.78 Å². The van der Waals surface area contributed by atoms with Crippen molar-refractivity contribution in [3.05, 3.63) is 57.0 Å². The molecular formula is C17H14BrClO4. The number of ether oxygens (including phenoxy) is 2. The van der Waals surface area contributed by atoms with E-state index in [0.29, 0.717) is 16.3 Å². The Kier molecular flexibility index (Phi) is 5.69. The van der Waals surface area contributed by atoms with Gasteiger partial charge in [0, 0.05) is 11.1 Å². The number of rotatable bonds is 5. The maximum absolute atomic E-state index is 12.5. The molecule has 0 amide bonds. The van der Waals surface area contributed by atoms with Crippen molar-refractivity contribution in [1.29, 1.82) is 0 Å². The summed E-state index contributed by atoms with van der Waals surface area (Å²) in [6.45, 7) is 0. The van der Waals surface area contributed by atoms with Crippen LogP contribution in [0.5, 0.6) is 17.2 Å². The summed E-state index contributed by atoms with van der Waals surface area (Å²) >= 11 is 9.25. The smallest absolute Gasteiger partial charge is 0.193 e. The average Bonchev–Trinajstić information content (AvgIpc) is 2.56. The molecule has 0 aromatic heterocycles. The Morgan fingerprint density at radius 3 is 2.48 bits per heavy atom. The standard InChI is InChI=1S/C17H14BrClO4/c1-22-13-9-14(23-2)16(18)17(21)15(13)12(20)8-7-10-5-3-4-6-11(10)19/h3-9,21H,1-2H3/b8-7+. The van der Waals surface area contributed by atoms with Gasteiger partial charge in [-0.2, -0.15) is 0 Å². The van der Waals surface area contributed by atoms with E-state index in [4.69, 9.17) is 21.1 Å². The van der Waals surface area contributed by atoms with E-state index in [-0.39, 0.29) is 21.5 Å². The Hall–Kier alpha value is -1.98. The number of phenolic OH excluding ortho intramolecular Hbond substituents is 1. The van der Waals surface area contributed by atoms with Gasteiger partial charge in [-0.1, -0.05) is 29.8 Å². The van der Waals surface area contributed by atoms with Crippen LogP contribution in [0.1, 0.15) is 15.9 Å². The van der Waals surface area contributed by atoms with Crippen LogP contribution in [0.4, 0.5) is 0 Å². The highest BCUT2D eigenvalue weighted by molar-refractivity contribution is 9.10. The SMILES string of the molecule is COc1cc(OC)c(C(=O)/C=C/c2ccccc2Cl)c(O)c1Br. The second-order valence-electron chi connectivity index (χ2n) is 4.54. The van der Waals surface area contributed by atoms with Crippen LogP contribution in [-0.4, -0.2) is 25.1 Å². The molecule has 0 saturated heterocycles. The monoisotopic (exact) mass is 396 g/mol. The maximum atomic E-state index is 12.5. The summed E-state index contributed by atoms with van der Waals surface area (Å²) in [5.74, 6) is -0.0695. The lowest BCUT2D eigenvalue weighted by atomic mass is 10.1. The number of aromatic hydroxyl groups is 1. The number of hydrogen-bond donors (Lipinski definition) is 1. The van der Waals surface area contributed by atoms with Crippen LogP contribution >= 0.6 is 27.5 Å². The van der Waals surface area contributed by atoms with E-state index in [1.165, 1.54) is 26.4 Å². The molecule has 1 N–H and O–H groups in total. The Balaban J connectivity index is 2.43. The van der Waals surface area contributed by atoms with E-state index in [9.17, 15) is 9.90 Å². The molecule has 0 aliphatic heterocycles. The fraction of sp³-hybridized carbons (Fsp3) is 0.118. The van der Waals surface area contributed by atoms with E-state index in [1.807, 2.05) is 6.07 Å². The number of carbonyl (C=O) groups is 1. The first-order chi connectivity index (χ1) is 11.0. The predicted molar refractivity (Wildman–Crippen MR) is 93.7 cm³/mol. The van der Waals surface area contributed by atoms with Crippen LogP contribution in [0.2, 0.25) is 5.02 Å². The van der Waals surface area contributed by atoms with Gasteiger partial charge in [0.1, 0.15) is 27.3 Å². The minimum atomic E-state index is -0.414. The van der Waals surface area contributed by atoms with E-state index >= 15 is 0 Å². The van der Waals surface area contributed by atoms with Crippen molar-refractivity contribution < 1.29 is 19.4 Å². The minimum Gasteiger partial charge on any atom is -0.506 e. The molecule has 6 heteroatoms. The molecule has 2 rings (SSSR count). The van der Waals surface area contributed by atoms with Gasteiger partial charge in [-0.05, 0) is 39.7 Å². The summed E-state index contributed by atoms with van der Waals surface area (Å²) in [5, 5.41) is 10.8. The average molecular weight is 398 g/mol. The molecule has 0 radical (unpaired) electrons. The van der Waals surface area contributed by atoms with Crippen molar-refractivity contribution in [2.24, 2.45) is 0 Å². The lowest BCUT2D eigenvalue weighted by molar-refractivity contribution is 0.104. The molecule has 0 saturated carbocycles. The van der Waals surface area contributed by atoms with Gasteiger partial charge >= 0.3 is 0 Å². The quantitative estimate of drug-likeness (QED) is 0.586. The first kappa shape index (κ1) is 17.4. The van der Waals surface area contributed by atoms with Crippen molar-refractivity contribution in [2.45, 2.75) is 0 Å². The van der Waals surface area contributed by atoms with Crippen molar-refractivity contribution in [2.75, 3.05) is 14.2 Å². The highest BCUT2D eigenvalue weighted by Gasteiger charge is 2.21. The topological polar surface area (TPSA) is 55.8 Å². The Labute approximate surface area is 147 Å². The number of benzene rings is 2. The number of phenols is 1. The molecule has 0 aliphatic carbocycles. The van der Waals surface area contributed by atoms with Gasteiger partial charge in [0.15, 0.2) is 5.78 Å². The van der Waals surface area contributed by atoms with Crippen molar-refractivity contribution >= 4 is 39.4 Å². The molecule has 0 aliphatic rings. The molecule has 0 bridgehead atoms. The molecule has 2 aromatic carbocycles. The van der Waals surface area contributed by atoms with Gasteiger partial charge < -0.3 is 14.6 Å². The summed E-state index contributed by atoms with van der Waals surface area (Å²) in [5.41, 5.74) is 0.747. The van der Waals surface area contributed by atoms with Gasteiger partial charge in [0.05, 0.1) is 14.2 Å². The molecule has 0 unspecified atom stereocenters. The Morgan fingerprint density at radius 1 is 1.22 bits per heavy atom. The summed E-state index contributed by atoms with van der Waals surface area (Å²) in [4.78, 5) is 12.5. The van der Waals surface area contributed by atoms with Crippen LogP contribution in [0.15, 0.2) is 40.9 Å². The summed E-state index contributed by atoms with van der Waals surface area (Å²) in [6.07, 6.45) is 2.92. The number of hydrogen-bond acceptors (Lipinski definition) is 4. The Bertz CT molecular complexity index is 771. The zero-order valence-electron chi connectivity index (χ0n) is 12.5. The van der Waals surface area contributed by atoms with Gasteiger partial charge in [-0.15, -0.1) is 0 Å². The van der Waals surface area contributed by atoms with E-state index in [2.05, 4.69) is 15.9 Å². The molecule has 4 nitrogen and oxygen atoms in total. The van der Waals surface area contributed by atoms with Gasteiger partial charge in [-0.3, -0.25) is 4.79 Å². The van der Waals surface area contributed by atoms with Crippen LogP contribution in [0.3, 0.4) is 0 Å². The van der Waals surface area contributed by atoms with E-state index in [1.54, 1.807) is 24.3 Å². The molecule has 0 fully saturated rings. The van der Waals surface area contributed by atoms with Gasteiger partial charge in [0.25, 0.3) is 0 Å². The molecule has 120 valence electrons. The van der Waals surface area contributed by atoms with Crippen LogP contribution in [0.25, 0.3) is 6.08 Å². The predicted octanol–water partition coefficient (Wildman–Crippen LogP) is 4.72. The number of allylic oxidation sites excluding steroid dienone is 1. The van der Waals surface area contributed by atoms with Crippen LogP contribution in [-0.2, 0) is 0 Å². The van der Waals surface area contributed by atoms with Crippen LogP contribution < -0.4 is 9.47 Å².